The van der Waals surface area contributed by atoms with Crippen molar-refractivity contribution >= 4 is 51.5 Å². The Morgan fingerprint density at radius 3 is 2.68 bits per heavy atom. The summed E-state index contributed by atoms with van der Waals surface area (Å²) in [6.07, 6.45) is 0. The summed E-state index contributed by atoms with van der Waals surface area (Å²) in [5.74, 6) is -0.327. The number of nitrogens with one attached hydrogen (secondary N) is 1. The number of hydrogen-bond donors (Lipinski definition) is 3. The number of benzene rings is 2. The van der Waals surface area contributed by atoms with Gasteiger partial charge in [0.15, 0.2) is 0 Å². The maximum absolute atomic E-state index is 12.0. The number of phenolic OH excluding ortho intramolecular Hbond substituents is 1. The summed E-state index contributed by atoms with van der Waals surface area (Å²) in [5.41, 5.74) is 6.84. The van der Waals surface area contributed by atoms with Crippen molar-refractivity contribution in [1.29, 1.82) is 0 Å². The summed E-state index contributed by atoms with van der Waals surface area (Å²) in [6.45, 7) is 0. The maximum Gasteiger partial charge on any atom is 0.255 e. The fourth-order valence-corrected chi connectivity index (χ4v) is 2.08. The van der Waals surface area contributed by atoms with Gasteiger partial charge >= 0.3 is 0 Å². The van der Waals surface area contributed by atoms with Crippen LogP contribution in [0.15, 0.2) is 36.4 Å². The van der Waals surface area contributed by atoms with Crippen molar-refractivity contribution in [2.24, 2.45) is 0 Å². The van der Waals surface area contributed by atoms with Gasteiger partial charge in [-0.2, -0.15) is 0 Å². The summed E-state index contributed by atoms with van der Waals surface area (Å²) in [5, 5.41) is 12.6. The Kier molecular flexibility index (Phi) is 4.16. The molecule has 0 aliphatic carbocycles. The van der Waals surface area contributed by atoms with Crippen LogP contribution in [0, 0.1) is 3.57 Å². The number of rotatable bonds is 2. The molecule has 0 radical (unpaired) electrons. The van der Waals surface area contributed by atoms with E-state index in [2.05, 4.69) is 5.32 Å². The van der Waals surface area contributed by atoms with Crippen LogP contribution in [0.25, 0.3) is 0 Å². The van der Waals surface area contributed by atoms with E-state index in [-0.39, 0.29) is 11.7 Å². The van der Waals surface area contributed by atoms with Gasteiger partial charge in [0.2, 0.25) is 0 Å². The van der Waals surface area contributed by atoms with Gasteiger partial charge in [-0.15, -0.1) is 0 Å². The lowest BCUT2D eigenvalue weighted by Crippen LogP contribution is -2.13. The first-order valence-corrected chi connectivity index (χ1v) is 6.78. The number of hydrogen-bond acceptors (Lipinski definition) is 3. The molecule has 19 heavy (non-hydrogen) atoms. The molecule has 4 nitrogen and oxygen atoms in total. The maximum atomic E-state index is 12.0. The lowest BCUT2D eigenvalue weighted by atomic mass is 10.2. The van der Waals surface area contributed by atoms with Crippen molar-refractivity contribution in [1.82, 2.24) is 0 Å². The van der Waals surface area contributed by atoms with E-state index in [9.17, 15) is 9.90 Å². The molecule has 0 saturated carbocycles. The summed E-state index contributed by atoms with van der Waals surface area (Å²) in [4.78, 5) is 12.0. The minimum Gasteiger partial charge on any atom is -0.507 e. The number of aromatic hydroxyl groups is 1. The highest BCUT2D eigenvalue weighted by Crippen LogP contribution is 2.29. The van der Waals surface area contributed by atoms with Crippen molar-refractivity contribution < 1.29 is 9.90 Å². The molecule has 2 rings (SSSR count). The van der Waals surface area contributed by atoms with E-state index in [1.54, 1.807) is 30.3 Å². The molecule has 0 fully saturated rings. The predicted octanol–water partition coefficient (Wildman–Crippen LogP) is 3.48. The summed E-state index contributed by atoms with van der Waals surface area (Å²) < 4.78 is 0.673. The number of amides is 1. The molecule has 98 valence electrons. The molecule has 0 aliphatic heterocycles. The second kappa shape index (κ2) is 5.66. The molecular formula is C13H10ClIN2O2. The average Bonchev–Trinajstić information content (AvgIpc) is 2.37. The monoisotopic (exact) mass is 388 g/mol. The first-order chi connectivity index (χ1) is 8.99. The topological polar surface area (TPSA) is 75.3 Å². The standard InChI is InChI=1S/C13H10ClIN2O2/c14-8-2-1-3-10(16)12(8)17-13(19)7-4-5-9(15)11(18)6-7/h1-6,18H,16H2,(H,17,19). The van der Waals surface area contributed by atoms with Gasteiger partial charge in [-0.3, -0.25) is 4.79 Å². The number of phenols is 1. The van der Waals surface area contributed by atoms with Crippen LogP contribution in [0.4, 0.5) is 11.4 Å². The lowest BCUT2D eigenvalue weighted by molar-refractivity contribution is 0.102. The Bertz CT molecular complexity index is 626. The van der Waals surface area contributed by atoms with E-state index in [1.807, 2.05) is 22.6 Å². The Labute approximate surface area is 128 Å². The Morgan fingerprint density at radius 2 is 2.05 bits per heavy atom. The Morgan fingerprint density at radius 1 is 1.32 bits per heavy atom. The zero-order chi connectivity index (χ0) is 14.0. The van der Waals surface area contributed by atoms with Crippen molar-refractivity contribution in [2.75, 3.05) is 11.1 Å². The first-order valence-electron chi connectivity index (χ1n) is 5.33. The largest absolute Gasteiger partial charge is 0.507 e. The normalized spacial score (nSPS) is 10.2. The van der Waals surface area contributed by atoms with E-state index < -0.39 is 0 Å². The van der Waals surface area contributed by atoms with Crippen LogP contribution in [0.1, 0.15) is 10.4 Å². The summed E-state index contributed by atoms with van der Waals surface area (Å²) >= 11 is 7.95. The van der Waals surface area contributed by atoms with Gasteiger partial charge in [-0.25, -0.2) is 0 Å². The first kappa shape index (κ1) is 14.0. The molecule has 0 aromatic heterocycles. The fraction of sp³-hybridized carbons (Fsp3) is 0. The Hall–Kier alpha value is -1.47. The third kappa shape index (κ3) is 3.10. The van der Waals surface area contributed by atoms with Gasteiger partial charge in [0.05, 0.1) is 20.0 Å². The highest BCUT2D eigenvalue weighted by molar-refractivity contribution is 14.1. The van der Waals surface area contributed by atoms with Crippen LogP contribution in [0.3, 0.4) is 0 Å². The second-order valence-corrected chi connectivity index (χ2v) is 5.39. The number of halogens is 2. The molecule has 0 saturated heterocycles. The molecule has 0 heterocycles. The molecule has 2 aromatic carbocycles. The van der Waals surface area contributed by atoms with Crippen LogP contribution in [-0.4, -0.2) is 11.0 Å². The highest BCUT2D eigenvalue weighted by atomic mass is 127. The predicted molar refractivity (Wildman–Crippen MR) is 84.6 cm³/mol. The number of anilines is 2. The minimum atomic E-state index is -0.383. The molecule has 6 heteroatoms. The number of nitrogens with two attached hydrogens (primary N) is 1. The van der Waals surface area contributed by atoms with Gasteiger partial charge in [0.1, 0.15) is 5.75 Å². The van der Waals surface area contributed by atoms with Crippen molar-refractivity contribution in [3.8, 4) is 5.75 Å². The molecule has 0 aliphatic rings. The van der Waals surface area contributed by atoms with E-state index in [4.69, 9.17) is 17.3 Å². The van der Waals surface area contributed by atoms with Crippen LogP contribution >= 0.6 is 34.2 Å². The van der Waals surface area contributed by atoms with E-state index in [0.717, 1.165) is 0 Å². The van der Waals surface area contributed by atoms with Gasteiger partial charge in [0.25, 0.3) is 5.91 Å². The van der Waals surface area contributed by atoms with Gasteiger partial charge in [-0.1, -0.05) is 17.7 Å². The zero-order valence-electron chi connectivity index (χ0n) is 9.65. The molecule has 1 amide bonds. The zero-order valence-corrected chi connectivity index (χ0v) is 12.6. The van der Waals surface area contributed by atoms with Crippen molar-refractivity contribution in [2.45, 2.75) is 0 Å². The van der Waals surface area contributed by atoms with Crippen LogP contribution in [-0.2, 0) is 0 Å². The third-order valence-electron chi connectivity index (χ3n) is 2.49. The summed E-state index contributed by atoms with van der Waals surface area (Å²) in [6, 6.07) is 9.64. The average molecular weight is 389 g/mol. The molecule has 0 bridgehead atoms. The van der Waals surface area contributed by atoms with Crippen molar-refractivity contribution in [3.63, 3.8) is 0 Å². The van der Waals surface area contributed by atoms with E-state index in [1.165, 1.54) is 6.07 Å². The van der Waals surface area contributed by atoms with Gasteiger partial charge in [0, 0.05) is 5.56 Å². The number of carbonyl (C=O) groups is 1. The smallest absolute Gasteiger partial charge is 0.255 e. The molecule has 0 spiro atoms. The minimum absolute atomic E-state index is 0.0559. The van der Waals surface area contributed by atoms with Gasteiger partial charge in [-0.05, 0) is 52.9 Å². The quantitative estimate of drug-likeness (QED) is 0.544. The number of nitrogen functional groups attached to an aromatic ring is 1. The molecule has 4 N–H and O–H groups in total. The van der Waals surface area contributed by atoms with Gasteiger partial charge < -0.3 is 16.2 Å². The molecule has 2 aromatic rings. The SMILES string of the molecule is Nc1cccc(Cl)c1NC(=O)c1ccc(I)c(O)c1. The Balaban J connectivity index is 2.28. The van der Waals surface area contributed by atoms with Crippen LogP contribution < -0.4 is 11.1 Å². The molecular weight excluding hydrogens is 379 g/mol. The van der Waals surface area contributed by atoms with Crippen molar-refractivity contribution in [3.05, 3.63) is 50.6 Å². The second-order valence-electron chi connectivity index (χ2n) is 3.82. The number of carbonyl (C=O) groups excluding carboxylic acids is 1. The third-order valence-corrected chi connectivity index (χ3v) is 3.72. The van der Waals surface area contributed by atoms with Crippen LogP contribution in [0.2, 0.25) is 5.02 Å². The molecule has 0 unspecified atom stereocenters. The van der Waals surface area contributed by atoms with E-state index in [0.29, 0.717) is 25.5 Å². The van der Waals surface area contributed by atoms with Crippen LogP contribution in [0.5, 0.6) is 5.75 Å². The van der Waals surface area contributed by atoms with E-state index >= 15 is 0 Å². The summed E-state index contributed by atoms with van der Waals surface area (Å²) in [7, 11) is 0. The highest BCUT2D eigenvalue weighted by Gasteiger charge is 2.12. The fourth-order valence-electron chi connectivity index (χ4n) is 1.51. The lowest BCUT2D eigenvalue weighted by Gasteiger charge is -2.10. The molecule has 0 atom stereocenters. The number of para-hydroxylation sites is 1.